The molecule has 3 rings (SSSR count). The molecule has 0 saturated carbocycles. The maximum Gasteiger partial charge on any atom is 0.123 e. The first-order valence-corrected chi connectivity index (χ1v) is 8.24. The van der Waals surface area contributed by atoms with E-state index in [0.29, 0.717) is 6.61 Å². The van der Waals surface area contributed by atoms with E-state index in [1.807, 2.05) is 24.3 Å². The molecule has 0 aliphatic heterocycles. The van der Waals surface area contributed by atoms with Crippen LogP contribution in [0.25, 0.3) is 11.1 Å². The molecule has 0 saturated heterocycles. The van der Waals surface area contributed by atoms with Crippen LogP contribution in [0.1, 0.15) is 16.7 Å². The summed E-state index contributed by atoms with van der Waals surface area (Å²) in [5.41, 5.74) is 6.10. The van der Waals surface area contributed by atoms with Gasteiger partial charge in [0.25, 0.3) is 0 Å². The Morgan fingerprint density at radius 1 is 0.917 bits per heavy atom. The van der Waals surface area contributed by atoms with Gasteiger partial charge in [-0.1, -0.05) is 66.7 Å². The Hall–Kier alpha value is -2.80. The molecule has 0 N–H and O–H groups in total. The van der Waals surface area contributed by atoms with Gasteiger partial charge in [0.2, 0.25) is 0 Å². The molecule has 0 atom stereocenters. The minimum Gasteiger partial charge on any atom is -0.489 e. The van der Waals surface area contributed by atoms with Gasteiger partial charge in [0, 0.05) is 0 Å². The average Bonchev–Trinajstić information content (AvgIpc) is 2.62. The lowest BCUT2D eigenvalue weighted by Gasteiger charge is -2.13. The van der Waals surface area contributed by atoms with Crippen LogP contribution >= 0.6 is 0 Å². The van der Waals surface area contributed by atoms with Gasteiger partial charge in [-0.3, -0.25) is 0 Å². The van der Waals surface area contributed by atoms with Crippen molar-refractivity contribution in [2.24, 2.45) is 0 Å². The fraction of sp³-hybridized carbons (Fsp3) is 0.130. The van der Waals surface area contributed by atoms with Gasteiger partial charge in [-0.15, -0.1) is 6.58 Å². The van der Waals surface area contributed by atoms with Crippen molar-refractivity contribution in [2.45, 2.75) is 20.0 Å². The van der Waals surface area contributed by atoms with Crippen LogP contribution in [-0.2, 0) is 13.0 Å². The summed E-state index contributed by atoms with van der Waals surface area (Å²) in [6.45, 7) is 6.60. The van der Waals surface area contributed by atoms with Crippen LogP contribution in [0, 0.1) is 6.92 Å². The molecule has 0 bridgehead atoms. The topological polar surface area (TPSA) is 9.23 Å². The largest absolute Gasteiger partial charge is 0.489 e. The van der Waals surface area contributed by atoms with Gasteiger partial charge in [-0.25, -0.2) is 0 Å². The predicted molar refractivity (Wildman–Crippen MR) is 101 cm³/mol. The van der Waals surface area contributed by atoms with E-state index < -0.39 is 0 Å². The lowest BCUT2D eigenvalue weighted by molar-refractivity contribution is 0.303. The molecular formula is C23H22O. The molecule has 0 spiro atoms. The number of ether oxygens (including phenoxy) is 1. The first kappa shape index (κ1) is 16.1. The van der Waals surface area contributed by atoms with Crippen LogP contribution < -0.4 is 4.74 Å². The Morgan fingerprint density at radius 3 is 2.42 bits per heavy atom. The normalized spacial score (nSPS) is 10.4. The van der Waals surface area contributed by atoms with Crippen LogP contribution in [0.15, 0.2) is 85.5 Å². The van der Waals surface area contributed by atoms with Crippen LogP contribution in [-0.4, -0.2) is 0 Å². The molecule has 3 aromatic rings. The van der Waals surface area contributed by atoms with Crippen molar-refractivity contribution in [1.29, 1.82) is 0 Å². The average molecular weight is 314 g/mol. The zero-order chi connectivity index (χ0) is 16.8. The molecular weight excluding hydrogens is 292 g/mol. The number of hydrogen-bond donors (Lipinski definition) is 0. The zero-order valence-corrected chi connectivity index (χ0v) is 14.0. The van der Waals surface area contributed by atoms with Crippen LogP contribution in [0.4, 0.5) is 0 Å². The van der Waals surface area contributed by atoms with E-state index in [-0.39, 0.29) is 0 Å². The Labute approximate surface area is 144 Å². The third-order valence-corrected chi connectivity index (χ3v) is 4.12. The highest BCUT2D eigenvalue weighted by molar-refractivity contribution is 5.69. The third-order valence-electron chi connectivity index (χ3n) is 4.12. The molecule has 0 unspecified atom stereocenters. The molecule has 0 aromatic heterocycles. The highest BCUT2D eigenvalue weighted by Crippen LogP contribution is 2.29. The molecule has 0 aliphatic rings. The summed E-state index contributed by atoms with van der Waals surface area (Å²) in [4.78, 5) is 0. The minimum absolute atomic E-state index is 0.578. The molecule has 1 nitrogen and oxygen atoms in total. The van der Waals surface area contributed by atoms with Crippen molar-refractivity contribution in [3.63, 3.8) is 0 Å². The number of hydrogen-bond acceptors (Lipinski definition) is 1. The third kappa shape index (κ3) is 3.75. The van der Waals surface area contributed by atoms with E-state index in [0.717, 1.165) is 12.2 Å². The van der Waals surface area contributed by atoms with Crippen molar-refractivity contribution in [2.75, 3.05) is 0 Å². The van der Waals surface area contributed by atoms with Crippen molar-refractivity contribution < 1.29 is 4.74 Å². The zero-order valence-electron chi connectivity index (χ0n) is 14.0. The Bertz CT molecular complexity index is 818. The van der Waals surface area contributed by atoms with Crippen LogP contribution in [0.5, 0.6) is 5.75 Å². The lowest BCUT2D eigenvalue weighted by Crippen LogP contribution is -1.99. The van der Waals surface area contributed by atoms with Crippen LogP contribution in [0.3, 0.4) is 0 Å². The maximum absolute atomic E-state index is 6.05. The SMILES string of the molecule is C=CCc1cc(-c2ccccc2C)ccc1OCc1ccccc1. The van der Waals surface area contributed by atoms with E-state index in [4.69, 9.17) is 4.74 Å². The van der Waals surface area contributed by atoms with Gasteiger partial charge < -0.3 is 4.74 Å². The molecule has 0 fully saturated rings. The fourth-order valence-electron chi connectivity index (χ4n) is 2.83. The first-order valence-electron chi connectivity index (χ1n) is 8.24. The van der Waals surface area contributed by atoms with E-state index in [9.17, 15) is 0 Å². The van der Waals surface area contributed by atoms with Gasteiger partial charge in [-0.2, -0.15) is 0 Å². The maximum atomic E-state index is 6.05. The van der Waals surface area contributed by atoms with Gasteiger partial charge >= 0.3 is 0 Å². The second kappa shape index (κ2) is 7.65. The minimum atomic E-state index is 0.578. The van der Waals surface area contributed by atoms with E-state index >= 15 is 0 Å². The Morgan fingerprint density at radius 2 is 1.67 bits per heavy atom. The number of allylic oxidation sites excluding steroid dienone is 1. The van der Waals surface area contributed by atoms with Gasteiger partial charge in [-0.05, 0) is 53.3 Å². The molecule has 0 radical (unpaired) electrons. The van der Waals surface area contributed by atoms with E-state index in [2.05, 4.69) is 68.1 Å². The van der Waals surface area contributed by atoms with Gasteiger partial charge in [0.05, 0.1) is 0 Å². The number of rotatable bonds is 6. The van der Waals surface area contributed by atoms with E-state index in [1.165, 1.54) is 27.8 Å². The molecule has 0 amide bonds. The van der Waals surface area contributed by atoms with Crippen molar-refractivity contribution >= 4 is 0 Å². The van der Waals surface area contributed by atoms with Gasteiger partial charge in [0.15, 0.2) is 0 Å². The smallest absolute Gasteiger partial charge is 0.123 e. The summed E-state index contributed by atoms with van der Waals surface area (Å²) in [5, 5.41) is 0. The molecule has 24 heavy (non-hydrogen) atoms. The summed E-state index contributed by atoms with van der Waals surface area (Å²) in [7, 11) is 0. The van der Waals surface area contributed by atoms with Crippen molar-refractivity contribution in [3.05, 3.63) is 102 Å². The van der Waals surface area contributed by atoms with Crippen molar-refractivity contribution in [3.8, 4) is 16.9 Å². The number of benzene rings is 3. The summed E-state index contributed by atoms with van der Waals surface area (Å²) >= 11 is 0. The lowest BCUT2D eigenvalue weighted by atomic mass is 9.97. The number of aryl methyl sites for hydroxylation is 1. The standard InChI is InChI=1S/C23H22O/c1-3-9-21-16-20(22-13-8-7-10-18(22)2)14-15-23(21)24-17-19-11-5-4-6-12-19/h3-8,10-16H,1,9,17H2,2H3. The van der Waals surface area contributed by atoms with Gasteiger partial charge in [0.1, 0.15) is 12.4 Å². The first-order chi connectivity index (χ1) is 11.8. The predicted octanol–water partition coefficient (Wildman–Crippen LogP) is 5.97. The summed E-state index contributed by atoms with van der Waals surface area (Å²) < 4.78 is 6.05. The second-order valence-electron chi connectivity index (χ2n) is 5.90. The summed E-state index contributed by atoms with van der Waals surface area (Å²) in [6, 6.07) is 25.1. The quantitative estimate of drug-likeness (QED) is 0.509. The highest BCUT2D eigenvalue weighted by Gasteiger charge is 2.07. The molecule has 1 heteroatoms. The monoisotopic (exact) mass is 314 g/mol. The molecule has 120 valence electrons. The van der Waals surface area contributed by atoms with E-state index in [1.54, 1.807) is 0 Å². The highest BCUT2D eigenvalue weighted by atomic mass is 16.5. The fourth-order valence-corrected chi connectivity index (χ4v) is 2.83. The molecule has 0 heterocycles. The second-order valence-corrected chi connectivity index (χ2v) is 5.90. The summed E-state index contributed by atoms with van der Waals surface area (Å²) in [5.74, 6) is 0.927. The molecule has 0 aliphatic carbocycles. The van der Waals surface area contributed by atoms with Crippen LogP contribution in [0.2, 0.25) is 0 Å². The summed E-state index contributed by atoms with van der Waals surface area (Å²) in [6.07, 6.45) is 2.72. The molecule has 3 aromatic carbocycles. The van der Waals surface area contributed by atoms with Crippen molar-refractivity contribution in [1.82, 2.24) is 0 Å². The Balaban J connectivity index is 1.87. The Kier molecular flexibility index (Phi) is 5.12.